The van der Waals surface area contributed by atoms with Gasteiger partial charge >= 0.3 is 0 Å². The van der Waals surface area contributed by atoms with Gasteiger partial charge in [0, 0.05) is 0 Å². The van der Waals surface area contributed by atoms with Crippen molar-refractivity contribution in [2.75, 3.05) is 6.54 Å². The summed E-state index contributed by atoms with van der Waals surface area (Å²) in [6.07, 6.45) is 0. The molecule has 76 valence electrons. The predicted molar refractivity (Wildman–Crippen MR) is 55.5 cm³/mol. The first kappa shape index (κ1) is 9.66. The van der Waals surface area contributed by atoms with E-state index in [4.69, 9.17) is 5.73 Å². The van der Waals surface area contributed by atoms with Crippen LogP contribution in [0.5, 0.6) is 0 Å². The largest absolute Gasteiger partial charge is 0.330 e. The highest BCUT2D eigenvalue weighted by Gasteiger charge is 2.57. The van der Waals surface area contributed by atoms with Crippen LogP contribution in [-0.4, -0.2) is 6.54 Å². The molecule has 0 radical (unpaired) electrons. The standard InChI is InChI=1S/C12H16FN/c1-12(2)10(7-14)11(12)8-4-3-5-9(13)6-8/h3-6,10-11H,7,14H2,1-2H3/t10-,11-/m1/s1. The summed E-state index contributed by atoms with van der Waals surface area (Å²) in [5.41, 5.74) is 7.01. The normalized spacial score (nSPS) is 28.9. The number of rotatable bonds is 2. The SMILES string of the molecule is CC1(C)[C@H](CN)[C@H]1c1cccc(F)c1. The zero-order valence-electron chi connectivity index (χ0n) is 8.63. The van der Waals surface area contributed by atoms with E-state index in [0.29, 0.717) is 18.4 Å². The van der Waals surface area contributed by atoms with Gasteiger partial charge in [0.25, 0.3) is 0 Å². The molecule has 0 amide bonds. The van der Waals surface area contributed by atoms with Crippen LogP contribution in [0.3, 0.4) is 0 Å². The molecule has 0 unspecified atom stereocenters. The van der Waals surface area contributed by atoms with Gasteiger partial charge in [0.1, 0.15) is 5.82 Å². The van der Waals surface area contributed by atoms with E-state index in [0.717, 1.165) is 5.56 Å². The molecule has 1 saturated carbocycles. The molecule has 1 aliphatic carbocycles. The van der Waals surface area contributed by atoms with Crippen molar-refractivity contribution in [3.05, 3.63) is 35.6 Å². The molecule has 0 saturated heterocycles. The van der Waals surface area contributed by atoms with Crippen LogP contribution in [0.15, 0.2) is 24.3 Å². The van der Waals surface area contributed by atoms with Crippen LogP contribution in [0, 0.1) is 17.2 Å². The van der Waals surface area contributed by atoms with Gasteiger partial charge in [-0.25, -0.2) is 4.39 Å². The lowest BCUT2D eigenvalue weighted by atomic mass is 10.0. The summed E-state index contributed by atoms with van der Waals surface area (Å²) in [6.45, 7) is 5.08. The summed E-state index contributed by atoms with van der Waals surface area (Å²) >= 11 is 0. The Kier molecular flexibility index (Phi) is 2.11. The molecule has 0 bridgehead atoms. The van der Waals surface area contributed by atoms with Crippen molar-refractivity contribution in [3.63, 3.8) is 0 Å². The second kappa shape index (κ2) is 3.06. The van der Waals surface area contributed by atoms with E-state index in [2.05, 4.69) is 13.8 Å². The van der Waals surface area contributed by atoms with E-state index in [1.54, 1.807) is 12.1 Å². The lowest BCUT2D eigenvalue weighted by molar-refractivity contribution is 0.558. The van der Waals surface area contributed by atoms with Gasteiger partial charge in [-0.15, -0.1) is 0 Å². The van der Waals surface area contributed by atoms with Crippen molar-refractivity contribution in [2.45, 2.75) is 19.8 Å². The third kappa shape index (κ3) is 1.34. The summed E-state index contributed by atoms with van der Waals surface area (Å²) in [7, 11) is 0. The lowest BCUT2D eigenvalue weighted by Crippen LogP contribution is -2.05. The number of hydrogen-bond donors (Lipinski definition) is 1. The van der Waals surface area contributed by atoms with Crippen molar-refractivity contribution < 1.29 is 4.39 Å². The van der Waals surface area contributed by atoms with Crippen molar-refractivity contribution in [3.8, 4) is 0 Å². The Labute approximate surface area is 84.1 Å². The van der Waals surface area contributed by atoms with Gasteiger partial charge < -0.3 is 5.73 Å². The fourth-order valence-corrected chi connectivity index (χ4v) is 2.55. The van der Waals surface area contributed by atoms with Gasteiger partial charge in [-0.2, -0.15) is 0 Å². The van der Waals surface area contributed by atoms with Gasteiger partial charge in [0.2, 0.25) is 0 Å². The Bertz CT molecular complexity index is 346. The van der Waals surface area contributed by atoms with E-state index in [1.807, 2.05) is 6.07 Å². The van der Waals surface area contributed by atoms with Crippen molar-refractivity contribution in [1.82, 2.24) is 0 Å². The third-order valence-corrected chi connectivity index (χ3v) is 3.51. The zero-order chi connectivity index (χ0) is 10.3. The Morgan fingerprint density at radius 2 is 2.14 bits per heavy atom. The second-order valence-corrected chi connectivity index (χ2v) is 4.70. The maximum absolute atomic E-state index is 13.0. The molecule has 0 heterocycles. The zero-order valence-corrected chi connectivity index (χ0v) is 8.63. The Balaban J connectivity index is 2.26. The van der Waals surface area contributed by atoms with Crippen LogP contribution in [0.4, 0.5) is 4.39 Å². The highest BCUT2D eigenvalue weighted by Crippen LogP contribution is 2.63. The van der Waals surface area contributed by atoms with Gasteiger partial charge in [0.05, 0.1) is 0 Å². The van der Waals surface area contributed by atoms with E-state index in [9.17, 15) is 4.39 Å². The maximum Gasteiger partial charge on any atom is 0.123 e. The highest BCUT2D eigenvalue weighted by atomic mass is 19.1. The van der Waals surface area contributed by atoms with Crippen molar-refractivity contribution >= 4 is 0 Å². The fraction of sp³-hybridized carbons (Fsp3) is 0.500. The summed E-state index contributed by atoms with van der Waals surface area (Å²) in [4.78, 5) is 0. The molecule has 0 aromatic heterocycles. The summed E-state index contributed by atoms with van der Waals surface area (Å²) in [6, 6.07) is 6.87. The van der Waals surface area contributed by atoms with E-state index >= 15 is 0 Å². The number of halogens is 1. The molecule has 2 N–H and O–H groups in total. The third-order valence-electron chi connectivity index (χ3n) is 3.51. The second-order valence-electron chi connectivity index (χ2n) is 4.70. The average molecular weight is 193 g/mol. The first-order valence-electron chi connectivity index (χ1n) is 5.03. The predicted octanol–water partition coefficient (Wildman–Crippen LogP) is 2.52. The van der Waals surface area contributed by atoms with Gasteiger partial charge in [-0.1, -0.05) is 26.0 Å². The summed E-state index contributed by atoms with van der Waals surface area (Å²) in [5, 5.41) is 0. The monoisotopic (exact) mass is 193 g/mol. The Morgan fingerprint density at radius 3 is 2.64 bits per heavy atom. The number of nitrogens with two attached hydrogens (primary N) is 1. The molecule has 14 heavy (non-hydrogen) atoms. The fourth-order valence-electron chi connectivity index (χ4n) is 2.55. The Morgan fingerprint density at radius 1 is 1.43 bits per heavy atom. The topological polar surface area (TPSA) is 26.0 Å². The van der Waals surface area contributed by atoms with Gasteiger partial charge in [-0.3, -0.25) is 0 Å². The average Bonchev–Trinajstić information content (AvgIpc) is 2.68. The number of hydrogen-bond acceptors (Lipinski definition) is 1. The summed E-state index contributed by atoms with van der Waals surface area (Å²) < 4.78 is 13.0. The van der Waals surface area contributed by atoms with Crippen molar-refractivity contribution in [1.29, 1.82) is 0 Å². The Hall–Kier alpha value is -0.890. The lowest BCUT2D eigenvalue weighted by Gasteiger charge is -2.02. The molecular formula is C12H16FN. The van der Waals surface area contributed by atoms with Crippen LogP contribution in [0.2, 0.25) is 0 Å². The van der Waals surface area contributed by atoms with Crippen LogP contribution in [0.1, 0.15) is 25.3 Å². The molecule has 2 heteroatoms. The molecule has 2 rings (SSSR count). The molecular weight excluding hydrogens is 177 g/mol. The quantitative estimate of drug-likeness (QED) is 0.767. The molecule has 1 aromatic rings. The number of benzene rings is 1. The molecule has 1 aliphatic rings. The molecule has 1 nitrogen and oxygen atoms in total. The smallest absolute Gasteiger partial charge is 0.123 e. The van der Waals surface area contributed by atoms with Crippen LogP contribution >= 0.6 is 0 Å². The van der Waals surface area contributed by atoms with Crippen LogP contribution in [-0.2, 0) is 0 Å². The first-order chi connectivity index (χ1) is 6.57. The van der Waals surface area contributed by atoms with E-state index in [-0.39, 0.29) is 11.2 Å². The summed E-state index contributed by atoms with van der Waals surface area (Å²) in [5.74, 6) is 0.786. The highest BCUT2D eigenvalue weighted by molar-refractivity contribution is 5.32. The maximum atomic E-state index is 13.0. The van der Waals surface area contributed by atoms with Crippen LogP contribution in [0.25, 0.3) is 0 Å². The minimum absolute atomic E-state index is 0.152. The van der Waals surface area contributed by atoms with Gasteiger partial charge in [-0.05, 0) is 41.5 Å². The van der Waals surface area contributed by atoms with Crippen molar-refractivity contribution in [2.24, 2.45) is 17.1 Å². The molecule has 1 aromatic carbocycles. The van der Waals surface area contributed by atoms with Gasteiger partial charge in [0.15, 0.2) is 0 Å². The first-order valence-corrected chi connectivity index (χ1v) is 5.03. The molecule has 0 spiro atoms. The minimum Gasteiger partial charge on any atom is -0.330 e. The van der Waals surface area contributed by atoms with E-state index in [1.165, 1.54) is 6.07 Å². The molecule has 0 aliphatic heterocycles. The molecule has 2 atom stereocenters. The molecule has 1 fully saturated rings. The minimum atomic E-state index is -0.152. The van der Waals surface area contributed by atoms with Crippen LogP contribution < -0.4 is 5.73 Å². The van der Waals surface area contributed by atoms with E-state index < -0.39 is 0 Å².